The Morgan fingerprint density at radius 3 is 2.38 bits per heavy atom. The van der Waals surface area contributed by atoms with Crippen molar-refractivity contribution >= 4 is 23.4 Å². The lowest BCUT2D eigenvalue weighted by Crippen LogP contribution is -2.28. The molecule has 2 aromatic heterocycles. The zero-order valence-corrected chi connectivity index (χ0v) is 16.6. The average molecular weight is 390 g/mol. The smallest absolute Gasteiger partial charge is 0.220 e. The lowest BCUT2D eigenvalue weighted by molar-refractivity contribution is -0.121. The first kappa shape index (κ1) is 20.3. The van der Waals surface area contributed by atoms with Crippen LogP contribution in [0.1, 0.15) is 24.0 Å². The van der Waals surface area contributed by atoms with Crippen LogP contribution in [0.25, 0.3) is 0 Å². The molecule has 7 nitrogen and oxygen atoms in total. The van der Waals surface area contributed by atoms with Crippen molar-refractivity contribution in [2.75, 3.05) is 23.7 Å². The van der Waals surface area contributed by atoms with Crippen LogP contribution < -0.4 is 16.0 Å². The summed E-state index contributed by atoms with van der Waals surface area (Å²) in [4.78, 5) is 16.2. The van der Waals surface area contributed by atoms with Gasteiger partial charge < -0.3 is 16.0 Å². The number of nitrogens with one attached hydrogen (secondary N) is 3. The van der Waals surface area contributed by atoms with Crippen molar-refractivity contribution in [2.24, 2.45) is 0 Å². The molecule has 29 heavy (non-hydrogen) atoms. The molecular weight excluding hydrogens is 364 g/mol. The SMILES string of the molecule is Cc1ccc(Nc2ccc(NCCNC(=O)CCCc3ccccc3)nn2)nc1. The molecule has 2 heterocycles. The first-order valence-corrected chi connectivity index (χ1v) is 9.77. The molecular formula is C22H26N6O. The molecule has 7 heteroatoms. The van der Waals surface area contributed by atoms with Gasteiger partial charge >= 0.3 is 0 Å². The number of pyridine rings is 1. The molecule has 3 aromatic rings. The molecule has 0 bridgehead atoms. The van der Waals surface area contributed by atoms with E-state index >= 15 is 0 Å². The minimum atomic E-state index is 0.0685. The topological polar surface area (TPSA) is 91.8 Å². The third-order valence-electron chi connectivity index (χ3n) is 4.30. The van der Waals surface area contributed by atoms with E-state index in [0.717, 1.165) is 24.2 Å². The van der Waals surface area contributed by atoms with Crippen LogP contribution in [0.15, 0.2) is 60.8 Å². The van der Waals surface area contributed by atoms with Crippen molar-refractivity contribution in [2.45, 2.75) is 26.2 Å². The summed E-state index contributed by atoms with van der Waals surface area (Å²) in [5, 5.41) is 17.4. The van der Waals surface area contributed by atoms with Crippen LogP contribution in [-0.2, 0) is 11.2 Å². The van der Waals surface area contributed by atoms with E-state index in [-0.39, 0.29) is 5.91 Å². The fourth-order valence-corrected chi connectivity index (χ4v) is 2.74. The van der Waals surface area contributed by atoms with E-state index in [2.05, 4.69) is 43.3 Å². The van der Waals surface area contributed by atoms with Gasteiger partial charge in [0.1, 0.15) is 11.6 Å². The number of carbonyl (C=O) groups is 1. The van der Waals surface area contributed by atoms with Crippen molar-refractivity contribution in [3.63, 3.8) is 0 Å². The molecule has 0 aliphatic heterocycles. The Labute approximate surface area is 171 Å². The van der Waals surface area contributed by atoms with Gasteiger partial charge in [-0.2, -0.15) is 0 Å². The maximum atomic E-state index is 11.9. The van der Waals surface area contributed by atoms with Gasteiger partial charge in [-0.15, -0.1) is 10.2 Å². The Hall–Kier alpha value is -3.48. The van der Waals surface area contributed by atoms with Crippen molar-refractivity contribution in [1.82, 2.24) is 20.5 Å². The quantitative estimate of drug-likeness (QED) is 0.459. The van der Waals surface area contributed by atoms with Crippen LogP contribution in [0.4, 0.5) is 17.5 Å². The van der Waals surface area contributed by atoms with Crippen LogP contribution in [0, 0.1) is 6.92 Å². The monoisotopic (exact) mass is 390 g/mol. The van der Waals surface area contributed by atoms with E-state index in [4.69, 9.17) is 0 Å². The Balaban J connectivity index is 1.31. The van der Waals surface area contributed by atoms with E-state index in [1.807, 2.05) is 49.4 Å². The lowest BCUT2D eigenvalue weighted by atomic mass is 10.1. The van der Waals surface area contributed by atoms with Gasteiger partial charge in [0.25, 0.3) is 0 Å². The second-order valence-electron chi connectivity index (χ2n) is 6.77. The second kappa shape index (κ2) is 10.8. The number of rotatable bonds is 10. The second-order valence-corrected chi connectivity index (χ2v) is 6.77. The molecule has 0 spiro atoms. The normalized spacial score (nSPS) is 10.4. The van der Waals surface area contributed by atoms with Crippen LogP contribution in [0.5, 0.6) is 0 Å². The molecule has 3 rings (SSSR count). The molecule has 0 atom stereocenters. The predicted molar refractivity (Wildman–Crippen MR) is 115 cm³/mol. The number of benzene rings is 1. The number of anilines is 3. The summed E-state index contributed by atoms with van der Waals surface area (Å²) in [7, 11) is 0. The van der Waals surface area contributed by atoms with Gasteiger partial charge in [0.2, 0.25) is 5.91 Å². The first-order valence-electron chi connectivity index (χ1n) is 9.77. The third kappa shape index (κ3) is 7.21. The van der Waals surface area contributed by atoms with Gasteiger partial charge in [-0.3, -0.25) is 4.79 Å². The number of nitrogens with zero attached hydrogens (tertiary/aromatic N) is 3. The number of amides is 1. The summed E-state index contributed by atoms with van der Waals surface area (Å²) >= 11 is 0. The number of hydrogen-bond donors (Lipinski definition) is 3. The summed E-state index contributed by atoms with van der Waals surface area (Å²) in [5.41, 5.74) is 2.36. The van der Waals surface area contributed by atoms with Crippen LogP contribution >= 0.6 is 0 Å². The van der Waals surface area contributed by atoms with E-state index in [9.17, 15) is 4.79 Å². The molecule has 1 aromatic carbocycles. The molecule has 3 N–H and O–H groups in total. The van der Waals surface area contributed by atoms with Crippen LogP contribution in [-0.4, -0.2) is 34.2 Å². The third-order valence-corrected chi connectivity index (χ3v) is 4.30. The summed E-state index contributed by atoms with van der Waals surface area (Å²) in [6.07, 6.45) is 4.09. The van der Waals surface area contributed by atoms with Gasteiger partial charge in [-0.05, 0) is 49.1 Å². The Morgan fingerprint density at radius 2 is 1.66 bits per heavy atom. The first-order chi connectivity index (χ1) is 14.2. The Morgan fingerprint density at radius 1 is 0.897 bits per heavy atom. The van der Waals surface area contributed by atoms with E-state index < -0.39 is 0 Å². The molecule has 0 saturated carbocycles. The number of hydrogen-bond acceptors (Lipinski definition) is 6. The van der Waals surface area contributed by atoms with Crippen molar-refractivity contribution in [3.8, 4) is 0 Å². The molecule has 0 aliphatic rings. The highest BCUT2D eigenvalue weighted by atomic mass is 16.1. The standard InChI is InChI=1S/C22H26N6O/c1-17-10-11-19(25-16-17)26-21-13-12-20(27-28-21)23-14-15-24-22(29)9-5-8-18-6-3-2-4-7-18/h2-4,6-7,10-13,16H,5,8-9,14-15H2,1H3,(H,23,27)(H,24,29)(H,25,26,28). The highest BCUT2D eigenvalue weighted by Crippen LogP contribution is 2.12. The summed E-state index contributed by atoms with van der Waals surface area (Å²) in [5.74, 6) is 2.07. The minimum absolute atomic E-state index is 0.0685. The fourth-order valence-electron chi connectivity index (χ4n) is 2.74. The molecule has 0 saturated heterocycles. The Bertz CT molecular complexity index is 881. The van der Waals surface area contributed by atoms with Gasteiger partial charge in [0.15, 0.2) is 5.82 Å². The highest BCUT2D eigenvalue weighted by molar-refractivity contribution is 5.75. The molecule has 1 amide bonds. The lowest BCUT2D eigenvalue weighted by Gasteiger charge is -2.08. The van der Waals surface area contributed by atoms with Crippen molar-refractivity contribution in [1.29, 1.82) is 0 Å². The number of carbonyl (C=O) groups excluding carboxylic acids is 1. The highest BCUT2D eigenvalue weighted by Gasteiger charge is 2.02. The molecule has 150 valence electrons. The van der Waals surface area contributed by atoms with Crippen LogP contribution in [0.3, 0.4) is 0 Å². The maximum Gasteiger partial charge on any atom is 0.220 e. The summed E-state index contributed by atoms with van der Waals surface area (Å²) in [6, 6.07) is 17.8. The Kier molecular flexibility index (Phi) is 7.51. The van der Waals surface area contributed by atoms with E-state index in [1.54, 1.807) is 6.20 Å². The van der Waals surface area contributed by atoms with Crippen LogP contribution in [0.2, 0.25) is 0 Å². The zero-order valence-electron chi connectivity index (χ0n) is 16.6. The number of aryl methyl sites for hydroxylation is 2. The van der Waals surface area contributed by atoms with E-state index in [0.29, 0.717) is 31.1 Å². The zero-order chi connectivity index (χ0) is 20.3. The van der Waals surface area contributed by atoms with Crippen molar-refractivity contribution in [3.05, 3.63) is 71.9 Å². The molecule has 0 radical (unpaired) electrons. The minimum Gasteiger partial charge on any atom is -0.367 e. The van der Waals surface area contributed by atoms with Gasteiger partial charge in [-0.1, -0.05) is 36.4 Å². The van der Waals surface area contributed by atoms with Gasteiger partial charge in [0.05, 0.1) is 0 Å². The average Bonchev–Trinajstić information content (AvgIpc) is 2.75. The van der Waals surface area contributed by atoms with Gasteiger partial charge in [0, 0.05) is 25.7 Å². The molecule has 0 unspecified atom stereocenters. The number of aromatic nitrogens is 3. The maximum absolute atomic E-state index is 11.9. The summed E-state index contributed by atoms with van der Waals surface area (Å²) in [6.45, 7) is 3.12. The van der Waals surface area contributed by atoms with Crippen molar-refractivity contribution < 1.29 is 4.79 Å². The molecule has 0 aliphatic carbocycles. The van der Waals surface area contributed by atoms with E-state index in [1.165, 1.54) is 5.56 Å². The summed E-state index contributed by atoms with van der Waals surface area (Å²) < 4.78 is 0. The van der Waals surface area contributed by atoms with Gasteiger partial charge in [-0.25, -0.2) is 4.98 Å². The largest absolute Gasteiger partial charge is 0.367 e. The fraction of sp³-hybridized carbons (Fsp3) is 0.273. The predicted octanol–water partition coefficient (Wildman–Crippen LogP) is 3.47. The molecule has 0 fully saturated rings.